The number of benzene rings is 4. The van der Waals surface area contributed by atoms with Gasteiger partial charge in [0.05, 0.1) is 17.2 Å². The number of halogens is 1. The van der Waals surface area contributed by atoms with E-state index in [0.717, 1.165) is 16.3 Å². The smallest absolute Gasteiger partial charge is 0.197 e. The first-order chi connectivity index (χ1) is 16.1. The number of rotatable bonds is 5. The van der Waals surface area contributed by atoms with Gasteiger partial charge in [0, 0.05) is 11.1 Å². The maximum absolute atomic E-state index is 12.7. The molecule has 0 saturated carbocycles. The molecule has 0 atom stereocenters. The second kappa shape index (κ2) is 8.68. The topological polar surface area (TPSA) is 52.6 Å². The third-order valence-electron chi connectivity index (χ3n) is 5.72. The lowest BCUT2D eigenvalue weighted by molar-refractivity contribution is 0.0990. The summed E-state index contributed by atoms with van der Waals surface area (Å²) < 4.78 is 12.4. The minimum atomic E-state index is -0.262. The second-order valence-corrected chi connectivity index (χ2v) is 8.58. The molecule has 4 nitrogen and oxygen atoms in total. The van der Waals surface area contributed by atoms with Crippen LogP contribution in [0.15, 0.2) is 88.9 Å². The number of fused-ring (bicyclic) bond motifs is 2. The standard InChI is InChI=1S/C28H19BrO4/c1-32-25-15-17(13-23-26(30)21-11-4-5-12-22(21)27(23)31)14-24(29)28(25)33-16-19-9-6-8-18-7-2-3-10-20(18)19/h2-15H,16H2,1H3. The average molecular weight is 499 g/mol. The molecule has 0 unspecified atom stereocenters. The molecule has 0 saturated heterocycles. The molecule has 0 N–H and O–H groups in total. The summed E-state index contributed by atoms with van der Waals surface area (Å²) in [5, 5.41) is 2.28. The van der Waals surface area contributed by atoms with Gasteiger partial charge in [-0.05, 0) is 56.0 Å². The van der Waals surface area contributed by atoms with Crippen LogP contribution in [0.2, 0.25) is 0 Å². The Balaban J connectivity index is 1.45. The van der Waals surface area contributed by atoms with Gasteiger partial charge >= 0.3 is 0 Å². The van der Waals surface area contributed by atoms with Gasteiger partial charge in [0.2, 0.25) is 0 Å². The maximum Gasteiger partial charge on any atom is 0.197 e. The highest BCUT2D eigenvalue weighted by Crippen LogP contribution is 2.39. The summed E-state index contributed by atoms with van der Waals surface area (Å²) in [4.78, 5) is 25.5. The van der Waals surface area contributed by atoms with Crippen molar-refractivity contribution in [3.63, 3.8) is 0 Å². The van der Waals surface area contributed by atoms with E-state index in [4.69, 9.17) is 9.47 Å². The van der Waals surface area contributed by atoms with Gasteiger partial charge in [-0.15, -0.1) is 0 Å². The lowest BCUT2D eigenvalue weighted by Gasteiger charge is -2.15. The van der Waals surface area contributed by atoms with Crippen molar-refractivity contribution in [3.8, 4) is 11.5 Å². The zero-order chi connectivity index (χ0) is 22.9. The van der Waals surface area contributed by atoms with Crippen molar-refractivity contribution in [3.05, 3.63) is 111 Å². The van der Waals surface area contributed by atoms with Crippen LogP contribution in [0.4, 0.5) is 0 Å². The maximum atomic E-state index is 12.7. The van der Waals surface area contributed by atoms with Gasteiger partial charge in [-0.2, -0.15) is 0 Å². The molecule has 0 radical (unpaired) electrons. The van der Waals surface area contributed by atoms with E-state index in [2.05, 4.69) is 34.1 Å². The van der Waals surface area contributed by atoms with Gasteiger partial charge in [-0.1, -0.05) is 66.7 Å². The highest BCUT2D eigenvalue weighted by atomic mass is 79.9. The molecule has 5 rings (SSSR count). The number of Topliss-reactive ketones (excluding diaryl/α,β-unsaturated/α-hetero) is 2. The summed E-state index contributed by atoms with van der Waals surface area (Å²) >= 11 is 3.57. The van der Waals surface area contributed by atoms with E-state index in [1.165, 1.54) is 0 Å². The zero-order valence-corrected chi connectivity index (χ0v) is 19.4. The van der Waals surface area contributed by atoms with Gasteiger partial charge in [0.1, 0.15) is 6.61 Å². The van der Waals surface area contributed by atoms with Gasteiger partial charge in [-0.25, -0.2) is 0 Å². The van der Waals surface area contributed by atoms with E-state index in [0.29, 0.717) is 39.3 Å². The third-order valence-corrected chi connectivity index (χ3v) is 6.31. The van der Waals surface area contributed by atoms with Gasteiger partial charge in [-0.3, -0.25) is 9.59 Å². The molecule has 0 aromatic heterocycles. The fourth-order valence-electron chi connectivity index (χ4n) is 4.10. The number of methoxy groups -OCH3 is 1. The molecular formula is C28H19BrO4. The minimum Gasteiger partial charge on any atom is -0.493 e. The van der Waals surface area contributed by atoms with Gasteiger partial charge in [0.15, 0.2) is 23.1 Å². The van der Waals surface area contributed by atoms with Crippen LogP contribution in [0.1, 0.15) is 31.8 Å². The summed E-state index contributed by atoms with van der Waals surface area (Å²) in [6.07, 6.45) is 1.60. The Morgan fingerprint density at radius 3 is 2.24 bits per heavy atom. The Morgan fingerprint density at radius 1 is 0.848 bits per heavy atom. The Kier molecular flexibility index (Phi) is 5.56. The lowest BCUT2D eigenvalue weighted by Crippen LogP contribution is -2.02. The first-order valence-electron chi connectivity index (χ1n) is 10.4. The Labute approximate surface area is 199 Å². The van der Waals surface area contributed by atoms with E-state index in [9.17, 15) is 9.59 Å². The lowest BCUT2D eigenvalue weighted by atomic mass is 10.1. The third kappa shape index (κ3) is 3.85. The molecule has 0 fully saturated rings. The van der Waals surface area contributed by atoms with E-state index < -0.39 is 0 Å². The number of allylic oxidation sites excluding steroid dienone is 1. The van der Waals surface area contributed by atoms with Crippen LogP contribution in [-0.4, -0.2) is 18.7 Å². The molecule has 33 heavy (non-hydrogen) atoms. The molecule has 0 spiro atoms. The highest BCUT2D eigenvalue weighted by molar-refractivity contribution is 9.10. The molecule has 1 aliphatic rings. The fourth-order valence-corrected chi connectivity index (χ4v) is 4.68. The van der Waals surface area contributed by atoms with Crippen molar-refractivity contribution in [1.82, 2.24) is 0 Å². The van der Waals surface area contributed by atoms with Crippen LogP contribution < -0.4 is 9.47 Å². The van der Waals surface area contributed by atoms with E-state index in [1.54, 1.807) is 43.5 Å². The number of ether oxygens (including phenoxy) is 2. The van der Waals surface area contributed by atoms with Gasteiger partial charge < -0.3 is 9.47 Å². The molecule has 0 bridgehead atoms. The number of hydrogen-bond acceptors (Lipinski definition) is 4. The summed E-state index contributed by atoms with van der Waals surface area (Å²) in [5.74, 6) is 0.538. The number of ketones is 2. The Bertz CT molecular complexity index is 1410. The van der Waals surface area contributed by atoms with Crippen molar-refractivity contribution >= 4 is 44.3 Å². The normalized spacial score (nSPS) is 12.7. The van der Waals surface area contributed by atoms with Crippen LogP contribution in [0, 0.1) is 0 Å². The molecule has 0 amide bonds. The molecule has 0 heterocycles. The molecule has 4 aromatic carbocycles. The second-order valence-electron chi connectivity index (χ2n) is 7.72. The highest BCUT2D eigenvalue weighted by Gasteiger charge is 2.32. The van der Waals surface area contributed by atoms with Crippen molar-refractivity contribution < 1.29 is 19.1 Å². The summed E-state index contributed by atoms with van der Waals surface area (Å²) in [5.41, 5.74) is 2.76. The average Bonchev–Trinajstić information content (AvgIpc) is 3.08. The minimum absolute atomic E-state index is 0.148. The summed E-state index contributed by atoms with van der Waals surface area (Å²) in [6.45, 7) is 0.364. The van der Waals surface area contributed by atoms with Gasteiger partial charge in [0.25, 0.3) is 0 Å². The predicted octanol–water partition coefficient (Wildman–Crippen LogP) is 6.65. The molecule has 5 heteroatoms. The van der Waals surface area contributed by atoms with E-state index in [1.807, 2.05) is 30.3 Å². The van der Waals surface area contributed by atoms with Crippen molar-refractivity contribution in [2.75, 3.05) is 7.11 Å². The van der Waals surface area contributed by atoms with Crippen LogP contribution in [0.5, 0.6) is 11.5 Å². The van der Waals surface area contributed by atoms with Crippen LogP contribution >= 0.6 is 15.9 Å². The van der Waals surface area contributed by atoms with Crippen molar-refractivity contribution in [1.29, 1.82) is 0 Å². The number of carbonyl (C=O) groups is 2. The quantitative estimate of drug-likeness (QED) is 0.228. The first kappa shape index (κ1) is 21.2. The molecule has 0 aliphatic heterocycles. The van der Waals surface area contributed by atoms with Crippen molar-refractivity contribution in [2.24, 2.45) is 0 Å². The van der Waals surface area contributed by atoms with E-state index >= 15 is 0 Å². The SMILES string of the molecule is COc1cc(C=C2C(=O)c3ccccc3C2=O)cc(Br)c1OCc1cccc2ccccc12. The molecular weight excluding hydrogens is 480 g/mol. The zero-order valence-electron chi connectivity index (χ0n) is 17.8. The largest absolute Gasteiger partial charge is 0.493 e. The van der Waals surface area contributed by atoms with Crippen LogP contribution in [-0.2, 0) is 6.61 Å². The molecule has 162 valence electrons. The Hall–Kier alpha value is -3.70. The number of carbonyl (C=O) groups excluding carboxylic acids is 2. The van der Waals surface area contributed by atoms with Crippen molar-refractivity contribution in [2.45, 2.75) is 6.61 Å². The number of hydrogen-bond donors (Lipinski definition) is 0. The van der Waals surface area contributed by atoms with Crippen LogP contribution in [0.25, 0.3) is 16.8 Å². The Morgan fingerprint density at radius 2 is 1.52 bits per heavy atom. The fraction of sp³-hybridized carbons (Fsp3) is 0.0714. The molecule has 4 aromatic rings. The predicted molar refractivity (Wildman–Crippen MR) is 132 cm³/mol. The monoisotopic (exact) mass is 498 g/mol. The van der Waals surface area contributed by atoms with E-state index in [-0.39, 0.29) is 17.1 Å². The first-order valence-corrected chi connectivity index (χ1v) is 11.2. The molecule has 1 aliphatic carbocycles. The summed E-state index contributed by atoms with van der Waals surface area (Å²) in [7, 11) is 1.56. The summed E-state index contributed by atoms with van der Waals surface area (Å²) in [6, 6.07) is 24.7. The van der Waals surface area contributed by atoms with Crippen LogP contribution in [0.3, 0.4) is 0 Å².